The second kappa shape index (κ2) is 8.34. The van der Waals surface area contributed by atoms with Crippen LogP contribution in [0.1, 0.15) is 33.6 Å². The van der Waals surface area contributed by atoms with E-state index in [-0.39, 0.29) is 24.6 Å². The number of phenols is 1. The van der Waals surface area contributed by atoms with Crippen molar-refractivity contribution in [1.29, 1.82) is 0 Å². The summed E-state index contributed by atoms with van der Waals surface area (Å²) in [6, 6.07) is 10.0. The summed E-state index contributed by atoms with van der Waals surface area (Å²) in [5.41, 5.74) is 6.82. The number of pyridine rings is 1. The Balaban J connectivity index is 1.42. The number of imidazole rings is 1. The zero-order valence-corrected chi connectivity index (χ0v) is 16.6. The Morgan fingerprint density at radius 3 is 2.77 bits per heavy atom. The number of phenolic OH excluding ortho intramolecular Hbond substituents is 1. The molecule has 0 saturated carbocycles. The number of benzene rings is 1. The van der Waals surface area contributed by atoms with Crippen LogP contribution in [0.2, 0.25) is 0 Å². The maximum atomic E-state index is 12.7. The van der Waals surface area contributed by atoms with E-state index in [0.29, 0.717) is 40.3 Å². The van der Waals surface area contributed by atoms with E-state index in [2.05, 4.69) is 15.0 Å². The number of fused-ring (bicyclic) bond motifs is 1. The van der Waals surface area contributed by atoms with Gasteiger partial charge in [-0.05, 0) is 36.1 Å². The number of carbonyl (C=O) groups excluding carboxylic acids is 2. The van der Waals surface area contributed by atoms with Crippen LogP contribution in [-0.2, 0) is 0 Å². The van der Waals surface area contributed by atoms with Gasteiger partial charge in [-0.1, -0.05) is 6.07 Å². The molecule has 0 aliphatic rings. The van der Waals surface area contributed by atoms with E-state index in [9.17, 15) is 14.7 Å². The largest absolute Gasteiger partial charge is 0.506 e. The number of ether oxygens (including phenoxy) is 1. The van der Waals surface area contributed by atoms with Gasteiger partial charge in [0.25, 0.3) is 0 Å². The van der Waals surface area contributed by atoms with Crippen molar-refractivity contribution in [2.24, 2.45) is 5.73 Å². The molecule has 4 N–H and O–H groups in total. The van der Waals surface area contributed by atoms with Crippen molar-refractivity contribution >= 4 is 34.1 Å². The number of nitrogens with one attached hydrogen (secondary N) is 1. The number of thiophene rings is 1. The molecule has 4 rings (SSSR count). The molecule has 1 amide bonds. The minimum atomic E-state index is -0.555. The molecule has 0 aliphatic heterocycles. The molecule has 30 heavy (non-hydrogen) atoms. The zero-order chi connectivity index (χ0) is 21.1. The fourth-order valence-corrected chi connectivity index (χ4v) is 3.66. The fourth-order valence-electron chi connectivity index (χ4n) is 2.99. The second-order valence-corrected chi connectivity index (χ2v) is 7.49. The minimum absolute atomic E-state index is 0.0469. The van der Waals surface area contributed by atoms with Crippen LogP contribution in [0.4, 0.5) is 0 Å². The number of aromatic hydroxyl groups is 1. The van der Waals surface area contributed by atoms with Crippen LogP contribution < -0.4 is 10.5 Å². The lowest BCUT2D eigenvalue weighted by molar-refractivity contribution is 0.0971. The number of rotatable bonds is 8. The van der Waals surface area contributed by atoms with Gasteiger partial charge in [-0.3, -0.25) is 9.59 Å². The summed E-state index contributed by atoms with van der Waals surface area (Å²) >= 11 is 1.52. The molecule has 0 fully saturated rings. The van der Waals surface area contributed by atoms with Gasteiger partial charge in [0, 0.05) is 24.2 Å². The Morgan fingerprint density at radius 1 is 1.20 bits per heavy atom. The van der Waals surface area contributed by atoms with Crippen molar-refractivity contribution in [1.82, 2.24) is 15.0 Å². The maximum Gasteiger partial charge on any atom is 0.250 e. The first kappa shape index (κ1) is 19.6. The van der Waals surface area contributed by atoms with Crippen molar-refractivity contribution in [2.75, 3.05) is 6.61 Å². The molecule has 3 aromatic heterocycles. The molecule has 0 radical (unpaired) electrons. The molecule has 0 aliphatic carbocycles. The number of hydrogen-bond donors (Lipinski definition) is 3. The second-order valence-electron chi connectivity index (χ2n) is 6.54. The lowest BCUT2D eigenvalue weighted by Gasteiger charge is -2.06. The van der Waals surface area contributed by atoms with Gasteiger partial charge in [-0.25, -0.2) is 9.97 Å². The molecule has 0 bridgehead atoms. The molecule has 0 saturated heterocycles. The average Bonchev–Trinajstić information content (AvgIpc) is 3.42. The molecule has 0 unspecified atom stereocenters. The highest BCUT2D eigenvalue weighted by molar-refractivity contribution is 7.13. The Kier molecular flexibility index (Phi) is 5.44. The summed E-state index contributed by atoms with van der Waals surface area (Å²) in [5.74, 6) is 0.368. The van der Waals surface area contributed by atoms with Gasteiger partial charge in [-0.15, -0.1) is 11.3 Å². The number of nitrogens with two attached hydrogens (primary N) is 1. The Hall–Kier alpha value is -3.72. The number of primary amides is 1. The molecule has 0 spiro atoms. The van der Waals surface area contributed by atoms with Crippen LogP contribution in [0.5, 0.6) is 11.6 Å². The fraction of sp³-hybridized carbons (Fsp3) is 0.143. The van der Waals surface area contributed by atoms with E-state index in [1.807, 2.05) is 17.5 Å². The monoisotopic (exact) mass is 422 g/mol. The molecule has 3 heterocycles. The number of Topliss-reactive ketones (excluding diaryl/α,β-unsaturated/α-hetero) is 1. The predicted molar refractivity (Wildman–Crippen MR) is 113 cm³/mol. The quantitative estimate of drug-likeness (QED) is 0.294. The average molecular weight is 422 g/mol. The Morgan fingerprint density at radius 2 is 2.07 bits per heavy atom. The summed E-state index contributed by atoms with van der Waals surface area (Å²) < 4.78 is 5.51. The number of hydrogen-bond acceptors (Lipinski definition) is 7. The summed E-state index contributed by atoms with van der Waals surface area (Å²) in [6.45, 7) is 0.289. The SMILES string of the molecule is NC(=O)c1ccc(OCCCC(=O)c2ccc(O)c3[nH]c(-c4cccs4)nc23)nc1. The van der Waals surface area contributed by atoms with E-state index in [1.165, 1.54) is 29.7 Å². The number of aromatic nitrogens is 3. The Bertz CT molecular complexity index is 1200. The third kappa shape index (κ3) is 4.01. The summed E-state index contributed by atoms with van der Waals surface area (Å²) in [4.78, 5) is 36.3. The number of H-pyrrole nitrogens is 1. The van der Waals surface area contributed by atoms with Crippen LogP contribution in [0.15, 0.2) is 48.0 Å². The number of nitrogens with zero attached hydrogens (tertiary/aromatic N) is 2. The molecular weight excluding hydrogens is 404 g/mol. The normalized spacial score (nSPS) is 10.9. The standard InChI is InChI=1S/C21H18N4O4S/c22-20(28)12-5-8-17(23-11-12)29-9-1-3-14(26)13-6-7-15(27)19-18(13)24-21(25-19)16-4-2-10-30-16/h2,4-8,10-11,27H,1,3,9H2,(H2,22,28)(H,24,25). The highest BCUT2D eigenvalue weighted by Gasteiger charge is 2.17. The first-order valence-electron chi connectivity index (χ1n) is 9.20. The first-order valence-corrected chi connectivity index (χ1v) is 10.1. The third-order valence-electron chi connectivity index (χ3n) is 4.50. The minimum Gasteiger partial charge on any atom is -0.506 e. The van der Waals surface area contributed by atoms with Gasteiger partial charge < -0.3 is 20.6 Å². The van der Waals surface area contributed by atoms with Crippen molar-refractivity contribution in [3.63, 3.8) is 0 Å². The zero-order valence-electron chi connectivity index (χ0n) is 15.8. The molecular formula is C21H18N4O4S. The van der Waals surface area contributed by atoms with Gasteiger partial charge >= 0.3 is 0 Å². The van der Waals surface area contributed by atoms with Gasteiger partial charge in [-0.2, -0.15) is 0 Å². The van der Waals surface area contributed by atoms with E-state index in [0.717, 1.165) is 4.88 Å². The summed E-state index contributed by atoms with van der Waals surface area (Å²) in [7, 11) is 0. The van der Waals surface area contributed by atoms with Crippen LogP contribution in [0.3, 0.4) is 0 Å². The molecule has 1 aromatic carbocycles. The van der Waals surface area contributed by atoms with Crippen LogP contribution in [0.25, 0.3) is 21.7 Å². The van der Waals surface area contributed by atoms with Crippen LogP contribution in [0, 0.1) is 0 Å². The molecule has 152 valence electrons. The van der Waals surface area contributed by atoms with E-state index in [4.69, 9.17) is 10.5 Å². The van der Waals surface area contributed by atoms with E-state index < -0.39 is 5.91 Å². The van der Waals surface area contributed by atoms with Crippen molar-refractivity contribution in [3.05, 3.63) is 59.1 Å². The van der Waals surface area contributed by atoms with Crippen molar-refractivity contribution < 1.29 is 19.4 Å². The van der Waals surface area contributed by atoms with Crippen molar-refractivity contribution in [2.45, 2.75) is 12.8 Å². The Labute approximate surface area is 175 Å². The molecule has 4 aromatic rings. The van der Waals surface area contributed by atoms with Crippen LogP contribution >= 0.6 is 11.3 Å². The lowest BCUT2D eigenvalue weighted by atomic mass is 10.0. The maximum absolute atomic E-state index is 12.7. The number of amides is 1. The van der Waals surface area contributed by atoms with Gasteiger partial charge in [0.2, 0.25) is 11.8 Å². The summed E-state index contributed by atoms with van der Waals surface area (Å²) in [6.07, 6.45) is 2.07. The van der Waals surface area contributed by atoms with Gasteiger partial charge in [0.15, 0.2) is 5.78 Å². The smallest absolute Gasteiger partial charge is 0.250 e. The number of aromatic amines is 1. The van der Waals surface area contributed by atoms with E-state index in [1.54, 1.807) is 12.1 Å². The van der Waals surface area contributed by atoms with Gasteiger partial charge in [0.05, 0.1) is 17.0 Å². The number of carbonyl (C=O) groups is 2. The van der Waals surface area contributed by atoms with E-state index >= 15 is 0 Å². The molecule has 0 atom stereocenters. The highest BCUT2D eigenvalue weighted by atomic mass is 32.1. The number of ketones is 1. The molecule has 9 heteroatoms. The van der Waals surface area contributed by atoms with Gasteiger partial charge in [0.1, 0.15) is 22.6 Å². The predicted octanol–water partition coefficient (Wildman–Crippen LogP) is 3.53. The third-order valence-corrected chi connectivity index (χ3v) is 5.37. The summed E-state index contributed by atoms with van der Waals surface area (Å²) in [5, 5.41) is 12.1. The molecule has 8 nitrogen and oxygen atoms in total. The van der Waals surface area contributed by atoms with Crippen LogP contribution in [-0.4, -0.2) is 38.4 Å². The first-order chi connectivity index (χ1) is 14.5. The van der Waals surface area contributed by atoms with Crippen molar-refractivity contribution in [3.8, 4) is 22.3 Å². The lowest BCUT2D eigenvalue weighted by Crippen LogP contribution is -2.11. The highest BCUT2D eigenvalue weighted by Crippen LogP contribution is 2.31. The topological polar surface area (TPSA) is 131 Å².